The fourth-order valence-electron chi connectivity index (χ4n) is 8.11. The van der Waals surface area contributed by atoms with E-state index in [1.807, 2.05) is 0 Å². The predicted molar refractivity (Wildman–Crippen MR) is 237 cm³/mol. The molecule has 0 aliphatic carbocycles. The molecule has 0 aromatic rings. The van der Waals surface area contributed by atoms with Gasteiger partial charge in [0.1, 0.15) is 0 Å². The number of esters is 2. The number of nitrogens with one attached hydrogen (secondary N) is 1. The van der Waals surface area contributed by atoms with Crippen LogP contribution in [0.15, 0.2) is 0 Å². The molecule has 7 heteroatoms. The first-order valence-electron chi connectivity index (χ1n) is 24.0. The van der Waals surface area contributed by atoms with E-state index < -0.39 is 0 Å². The zero-order valence-electron chi connectivity index (χ0n) is 38.7. The highest BCUT2D eigenvalue weighted by atomic mass is 16.5. The third kappa shape index (κ3) is 28.7. The lowest BCUT2D eigenvalue weighted by atomic mass is 9.87. The molecule has 0 bridgehead atoms. The second kappa shape index (κ2) is 32.2. The Balaban J connectivity index is 2.30. The maximum Gasteiger partial charge on any atom is 0.305 e. The first kappa shape index (κ1) is 52.4. The second-order valence-corrected chi connectivity index (χ2v) is 19.7. The summed E-state index contributed by atoms with van der Waals surface area (Å²) >= 11 is 0. The summed E-state index contributed by atoms with van der Waals surface area (Å²) in [4.78, 5) is 40.2. The van der Waals surface area contributed by atoms with Crippen molar-refractivity contribution in [2.24, 2.45) is 35.5 Å². The fourth-order valence-corrected chi connectivity index (χ4v) is 8.11. The third-order valence-electron chi connectivity index (χ3n) is 12.5. The Bertz CT molecular complexity index is 931. The minimum atomic E-state index is -0.143. The van der Waals surface area contributed by atoms with Crippen LogP contribution in [0.4, 0.5) is 0 Å². The Hall–Kier alpha value is -1.63. The van der Waals surface area contributed by atoms with Crippen molar-refractivity contribution in [2.75, 3.05) is 32.8 Å². The summed E-state index contributed by atoms with van der Waals surface area (Å²) in [6.07, 6.45) is 26.8. The topological polar surface area (TPSA) is 84.9 Å². The lowest BCUT2D eigenvalue weighted by Gasteiger charge is -2.32. The van der Waals surface area contributed by atoms with Crippen LogP contribution in [0.1, 0.15) is 223 Å². The molecule has 1 fully saturated rings. The molecule has 56 heavy (non-hydrogen) atoms. The molecule has 1 N–H and O–H groups in total. The van der Waals surface area contributed by atoms with Gasteiger partial charge in [0.25, 0.3) is 0 Å². The van der Waals surface area contributed by atoms with Crippen molar-refractivity contribution in [1.82, 2.24) is 10.2 Å². The molecular weight excluding hydrogens is 697 g/mol. The van der Waals surface area contributed by atoms with Crippen LogP contribution in [-0.2, 0) is 23.9 Å². The number of hydrogen-bond donors (Lipinski definition) is 1. The largest absolute Gasteiger partial charge is 0.465 e. The third-order valence-corrected chi connectivity index (χ3v) is 12.5. The van der Waals surface area contributed by atoms with Crippen LogP contribution in [0.2, 0.25) is 0 Å². The summed E-state index contributed by atoms with van der Waals surface area (Å²) in [5.74, 6) is 3.54. The minimum absolute atomic E-state index is 0.0288. The molecule has 1 heterocycles. The number of unbranched alkanes of at least 4 members (excludes halogenated alkanes) is 12. The summed E-state index contributed by atoms with van der Waals surface area (Å²) in [5, 5.41) is 3.49. The van der Waals surface area contributed by atoms with E-state index >= 15 is 0 Å². The number of hydrogen-bond acceptors (Lipinski definition) is 6. The Morgan fingerprint density at radius 2 is 0.911 bits per heavy atom. The van der Waals surface area contributed by atoms with Crippen LogP contribution in [0, 0.1) is 35.5 Å². The molecule has 0 aromatic carbocycles. The Labute approximate surface area is 347 Å². The van der Waals surface area contributed by atoms with Gasteiger partial charge in [0, 0.05) is 31.3 Å². The normalized spacial score (nSPS) is 15.8. The molecule has 330 valence electrons. The van der Waals surface area contributed by atoms with Gasteiger partial charge in [-0.15, -0.1) is 0 Å². The van der Waals surface area contributed by atoms with Crippen LogP contribution in [0.25, 0.3) is 0 Å². The number of likely N-dealkylation sites (tertiary alicyclic amines) is 1. The number of amides is 1. The predicted octanol–water partition coefficient (Wildman–Crippen LogP) is 12.9. The van der Waals surface area contributed by atoms with Gasteiger partial charge in [-0.3, -0.25) is 14.4 Å². The minimum Gasteiger partial charge on any atom is -0.465 e. The van der Waals surface area contributed by atoms with Gasteiger partial charge in [0.05, 0.1) is 13.2 Å². The van der Waals surface area contributed by atoms with Crippen molar-refractivity contribution in [2.45, 2.75) is 228 Å². The maximum absolute atomic E-state index is 13.1. The molecule has 1 amide bonds. The Morgan fingerprint density at radius 1 is 0.536 bits per heavy atom. The average Bonchev–Trinajstić information content (AvgIpc) is 3.66. The monoisotopic (exact) mass is 791 g/mol. The van der Waals surface area contributed by atoms with Gasteiger partial charge >= 0.3 is 11.9 Å². The van der Waals surface area contributed by atoms with Crippen LogP contribution >= 0.6 is 0 Å². The smallest absolute Gasteiger partial charge is 0.305 e. The number of ether oxygens (including phenoxy) is 2. The molecule has 7 nitrogen and oxygen atoms in total. The van der Waals surface area contributed by atoms with E-state index in [0.29, 0.717) is 68.0 Å². The molecule has 0 saturated carbocycles. The molecular formula is C49H94N2O5. The highest BCUT2D eigenvalue weighted by Gasteiger charge is 2.26. The van der Waals surface area contributed by atoms with Crippen molar-refractivity contribution in [1.29, 1.82) is 0 Å². The number of carbonyl (C=O) groups is 3. The van der Waals surface area contributed by atoms with Gasteiger partial charge in [0.15, 0.2) is 0 Å². The SMILES string of the molecule is CC(C)CCC(COC(=O)CCCCCCCCCC(C)(CCCCCCCCCC(=O)OCC(CCC(C)C)C(C)C)NC(=O)CCN1CCCC1)C(C)C. The molecule has 1 saturated heterocycles. The molecule has 1 rings (SSSR count). The van der Waals surface area contributed by atoms with Crippen molar-refractivity contribution in [3.63, 3.8) is 0 Å². The first-order valence-corrected chi connectivity index (χ1v) is 24.0. The Kier molecular flexibility index (Phi) is 30.2. The van der Waals surface area contributed by atoms with Gasteiger partial charge in [-0.2, -0.15) is 0 Å². The summed E-state index contributed by atoms with van der Waals surface area (Å²) in [6.45, 7) is 24.5. The van der Waals surface area contributed by atoms with Crippen LogP contribution in [0.3, 0.4) is 0 Å². The zero-order valence-corrected chi connectivity index (χ0v) is 38.7. The van der Waals surface area contributed by atoms with Crippen LogP contribution in [-0.4, -0.2) is 61.1 Å². The van der Waals surface area contributed by atoms with E-state index in [4.69, 9.17) is 9.47 Å². The van der Waals surface area contributed by atoms with Crippen molar-refractivity contribution in [3.8, 4) is 0 Å². The van der Waals surface area contributed by atoms with Crippen LogP contribution < -0.4 is 5.32 Å². The van der Waals surface area contributed by atoms with E-state index in [1.165, 1.54) is 77.0 Å². The first-order chi connectivity index (χ1) is 26.7. The highest BCUT2D eigenvalue weighted by Crippen LogP contribution is 2.25. The zero-order chi connectivity index (χ0) is 41.6. The lowest BCUT2D eigenvalue weighted by molar-refractivity contribution is -0.146. The summed E-state index contributed by atoms with van der Waals surface area (Å²) in [7, 11) is 0. The van der Waals surface area contributed by atoms with E-state index in [0.717, 1.165) is 83.8 Å². The van der Waals surface area contributed by atoms with Gasteiger partial charge in [-0.05, 0) is 107 Å². The Morgan fingerprint density at radius 3 is 1.29 bits per heavy atom. The van der Waals surface area contributed by atoms with Crippen molar-refractivity contribution in [3.05, 3.63) is 0 Å². The van der Waals surface area contributed by atoms with Crippen molar-refractivity contribution >= 4 is 17.8 Å². The maximum atomic E-state index is 13.1. The van der Waals surface area contributed by atoms with E-state index in [-0.39, 0.29) is 23.4 Å². The molecule has 0 spiro atoms. The standard InChI is InChI=1S/C49H94N2O5/c1-40(2)28-30-44(42(5)6)38-55-47(53)26-20-16-12-10-14-18-22-33-49(9,50-46(52)32-37-51-35-24-25-36-51)34-23-19-15-11-13-17-21-27-48(54)56-39-45(43(7)8)31-29-41(3)4/h40-45H,10-39H2,1-9H3,(H,50,52). The summed E-state index contributed by atoms with van der Waals surface area (Å²) in [6, 6.07) is 0. The van der Waals surface area contributed by atoms with E-state index in [9.17, 15) is 14.4 Å². The van der Waals surface area contributed by atoms with Gasteiger partial charge < -0.3 is 19.7 Å². The lowest BCUT2D eigenvalue weighted by Crippen LogP contribution is -2.46. The molecule has 1 aliphatic rings. The average molecular weight is 791 g/mol. The number of nitrogens with zero attached hydrogens (tertiary/aromatic N) is 1. The summed E-state index contributed by atoms with van der Waals surface area (Å²) in [5.41, 5.74) is -0.143. The molecule has 2 unspecified atom stereocenters. The number of carbonyl (C=O) groups excluding carboxylic acids is 3. The second-order valence-electron chi connectivity index (χ2n) is 19.7. The van der Waals surface area contributed by atoms with Gasteiger partial charge in [-0.1, -0.05) is 145 Å². The van der Waals surface area contributed by atoms with Gasteiger partial charge in [-0.25, -0.2) is 0 Å². The van der Waals surface area contributed by atoms with Crippen LogP contribution in [0.5, 0.6) is 0 Å². The molecule has 0 aromatic heterocycles. The molecule has 2 atom stereocenters. The molecule has 1 aliphatic heterocycles. The highest BCUT2D eigenvalue weighted by molar-refractivity contribution is 5.77. The summed E-state index contributed by atoms with van der Waals surface area (Å²) < 4.78 is 11.3. The van der Waals surface area contributed by atoms with Gasteiger partial charge in [0.2, 0.25) is 5.91 Å². The van der Waals surface area contributed by atoms with E-state index in [2.05, 4.69) is 72.5 Å². The van der Waals surface area contributed by atoms with E-state index in [1.54, 1.807) is 0 Å². The van der Waals surface area contributed by atoms with Crippen molar-refractivity contribution < 1.29 is 23.9 Å². The quantitative estimate of drug-likeness (QED) is 0.0502. The number of rotatable bonds is 36. The molecule has 0 radical (unpaired) electrons. The fraction of sp³-hybridized carbons (Fsp3) is 0.939.